The van der Waals surface area contributed by atoms with Gasteiger partial charge in [-0.25, -0.2) is 0 Å². The Morgan fingerprint density at radius 2 is 1.83 bits per heavy atom. The number of carbonyl (C=O) groups excluding carboxylic acids is 1. The van der Waals surface area contributed by atoms with Crippen LogP contribution in [-0.2, 0) is 11.2 Å². The summed E-state index contributed by atoms with van der Waals surface area (Å²) in [6, 6.07) is 13.4. The Labute approximate surface area is 176 Å². The fourth-order valence-electron chi connectivity index (χ4n) is 2.56. The molecule has 0 radical (unpaired) electrons. The lowest BCUT2D eigenvalue weighted by Gasteiger charge is -2.13. The lowest BCUT2D eigenvalue weighted by Crippen LogP contribution is -2.47. The summed E-state index contributed by atoms with van der Waals surface area (Å²) < 4.78 is 16.1. The van der Waals surface area contributed by atoms with Gasteiger partial charge in [-0.3, -0.25) is 15.6 Å². The van der Waals surface area contributed by atoms with Crippen LogP contribution in [0.15, 0.2) is 42.5 Å². The van der Waals surface area contributed by atoms with Gasteiger partial charge in [-0.05, 0) is 61.0 Å². The molecule has 0 atom stereocenters. The van der Waals surface area contributed by atoms with Crippen LogP contribution < -0.4 is 30.4 Å². The van der Waals surface area contributed by atoms with Crippen molar-refractivity contribution in [3.8, 4) is 17.2 Å². The highest BCUT2D eigenvalue weighted by Crippen LogP contribution is 2.27. The van der Waals surface area contributed by atoms with Crippen LogP contribution in [0, 0.1) is 6.92 Å². The van der Waals surface area contributed by atoms with Crippen LogP contribution >= 0.6 is 12.2 Å². The monoisotopic (exact) mass is 417 g/mol. The predicted molar refractivity (Wildman–Crippen MR) is 116 cm³/mol. The van der Waals surface area contributed by atoms with Crippen molar-refractivity contribution >= 4 is 23.2 Å². The van der Waals surface area contributed by atoms with E-state index in [0.29, 0.717) is 23.2 Å². The fourth-order valence-corrected chi connectivity index (χ4v) is 2.71. The highest BCUT2D eigenvalue weighted by Gasteiger charge is 2.06. The normalized spacial score (nSPS) is 10.0. The number of aryl methyl sites for hydroxylation is 1. The van der Waals surface area contributed by atoms with Gasteiger partial charge in [0.1, 0.15) is 5.75 Å². The standard InChI is InChI=1S/C21H27N3O4S/c1-15-5-4-6-17(13-15)28-12-10-20(25)23-24-21(29)22-11-9-16-7-8-18(26-2)19(14-16)27-3/h4-8,13-14H,9-12H2,1-3H3,(H,23,25)(H2,22,24,29). The molecule has 0 unspecified atom stereocenters. The topological polar surface area (TPSA) is 80.9 Å². The van der Waals surface area contributed by atoms with Gasteiger partial charge < -0.3 is 19.5 Å². The molecule has 0 aliphatic carbocycles. The second-order valence-corrected chi connectivity index (χ2v) is 6.69. The number of hydrazine groups is 1. The maximum Gasteiger partial charge on any atom is 0.241 e. The van der Waals surface area contributed by atoms with Crippen LogP contribution in [-0.4, -0.2) is 38.4 Å². The van der Waals surface area contributed by atoms with Gasteiger partial charge in [0.25, 0.3) is 0 Å². The van der Waals surface area contributed by atoms with Crippen molar-refractivity contribution in [1.82, 2.24) is 16.2 Å². The average molecular weight is 418 g/mol. The summed E-state index contributed by atoms with van der Waals surface area (Å²) in [5.74, 6) is 1.92. The van der Waals surface area contributed by atoms with E-state index in [2.05, 4.69) is 16.2 Å². The average Bonchev–Trinajstić information content (AvgIpc) is 2.72. The third-order valence-electron chi connectivity index (χ3n) is 4.05. The molecule has 0 saturated heterocycles. The molecule has 7 nitrogen and oxygen atoms in total. The van der Waals surface area contributed by atoms with E-state index in [9.17, 15) is 4.79 Å². The maximum absolute atomic E-state index is 11.9. The summed E-state index contributed by atoms with van der Waals surface area (Å²) in [5.41, 5.74) is 7.43. The summed E-state index contributed by atoms with van der Waals surface area (Å²) >= 11 is 5.17. The second kappa shape index (κ2) is 11.8. The van der Waals surface area contributed by atoms with Gasteiger partial charge in [0.15, 0.2) is 16.6 Å². The number of rotatable bonds is 9. The van der Waals surface area contributed by atoms with Crippen LogP contribution in [0.5, 0.6) is 17.2 Å². The molecule has 0 saturated carbocycles. The number of amides is 1. The summed E-state index contributed by atoms with van der Waals surface area (Å²) in [4.78, 5) is 11.9. The summed E-state index contributed by atoms with van der Waals surface area (Å²) in [7, 11) is 3.21. The molecule has 8 heteroatoms. The molecule has 2 aromatic rings. The number of hydrogen-bond donors (Lipinski definition) is 3. The zero-order valence-electron chi connectivity index (χ0n) is 16.9. The molecule has 0 aromatic heterocycles. The Bertz CT molecular complexity index is 829. The van der Waals surface area contributed by atoms with Crippen molar-refractivity contribution in [3.63, 3.8) is 0 Å². The van der Waals surface area contributed by atoms with Crippen LogP contribution in [0.4, 0.5) is 0 Å². The van der Waals surface area contributed by atoms with Gasteiger partial charge in [0.05, 0.1) is 27.2 Å². The molecular formula is C21H27N3O4S. The number of benzene rings is 2. The zero-order chi connectivity index (χ0) is 21.1. The largest absolute Gasteiger partial charge is 0.493 e. The van der Waals surface area contributed by atoms with E-state index in [1.54, 1.807) is 14.2 Å². The molecule has 156 valence electrons. The minimum Gasteiger partial charge on any atom is -0.493 e. The number of carbonyl (C=O) groups is 1. The molecule has 1 amide bonds. The van der Waals surface area contributed by atoms with Crippen LogP contribution in [0.25, 0.3) is 0 Å². The molecular weight excluding hydrogens is 390 g/mol. The molecule has 3 N–H and O–H groups in total. The molecule has 2 rings (SSSR count). The van der Waals surface area contributed by atoms with Gasteiger partial charge in [0, 0.05) is 6.54 Å². The second-order valence-electron chi connectivity index (χ2n) is 6.28. The number of methoxy groups -OCH3 is 2. The van der Waals surface area contributed by atoms with Gasteiger partial charge in [-0.15, -0.1) is 0 Å². The highest BCUT2D eigenvalue weighted by molar-refractivity contribution is 7.80. The molecule has 0 heterocycles. The quantitative estimate of drug-likeness (QED) is 0.427. The lowest BCUT2D eigenvalue weighted by molar-refractivity contribution is -0.122. The van der Waals surface area contributed by atoms with Gasteiger partial charge in [-0.1, -0.05) is 18.2 Å². The summed E-state index contributed by atoms with van der Waals surface area (Å²) in [6.07, 6.45) is 0.954. The van der Waals surface area contributed by atoms with Crippen molar-refractivity contribution in [2.24, 2.45) is 0 Å². The van der Waals surface area contributed by atoms with E-state index >= 15 is 0 Å². The van der Waals surface area contributed by atoms with Crippen LogP contribution in [0.3, 0.4) is 0 Å². The van der Waals surface area contributed by atoms with Crippen LogP contribution in [0.2, 0.25) is 0 Å². The van der Waals surface area contributed by atoms with Gasteiger partial charge in [0.2, 0.25) is 5.91 Å². The van der Waals surface area contributed by atoms with E-state index < -0.39 is 0 Å². The molecule has 0 fully saturated rings. The van der Waals surface area contributed by atoms with Crippen molar-refractivity contribution in [1.29, 1.82) is 0 Å². The zero-order valence-corrected chi connectivity index (χ0v) is 17.7. The Morgan fingerprint density at radius 3 is 2.55 bits per heavy atom. The number of hydrogen-bond acceptors (Lipinski definition) is 5. The van der Waals surface area contributed by atoms with Gasteiger partial charge in [-0.2, -0.15) is 0 Å². The Kier molecular flexibility index (Phi) is 9.04. The first-order chi connectivity index (χ1) is 14.0. The lowest BCUT2D eigenvalue weighted by atomic mass is 10.1. The molecule has 0 aliphatic heterocycles. The van der Waals surface area contributed by atoms with Gasteiger partial charge >= 0.3 is 0 Å². The number of nitrogens with one attached hydrogen (secondary N) is 3. The molecule has 0 spiro atoms. The first-order valence-electron chi connectivity index (χ1n) is 9.25. The van der Waals surface area contributed by atoms with E-state index in [1.807, 2.05) is 49.4 Å². The summed E-state index contributed by atoms with van der Waals surface area (Å²) in [6.45, 7) is 2.88. The van der Waals surface area contributed by atoms with E-state index in [0.717, 1.165) is 23.3 Å². The first-order valence-corrected chi connectivity index (χ1v) is 9.65. The molecule has 0 aliphatic rings. The van der Waals surface area contributed by atoms with E-state index in [-0.39, 0.29) is 18.9 Å². The maximum atomic E-state index is 11.9. The minimum atomic E-state index is -0.207. The first kappa shape index (κ1) is 22.3. The fraction of sp³-hybridized carbons (Fsp3) is 0.333. The van der Waals surface area contributed by atoms with Crippen molar-refractivity contribution in [2.75, 3.05) is 27.4 Å². The Morgan fingerprint density at radius 1 is 1.03 bits per heavy atom. The van der Waals surface area contributed by atoms with E-state index in [4.69, 9.17) is 26.4 Å². The van der Waals surface area contributed by atoms with Crippen molar-refractivity contribution < 1.29 is 19.0 Å². The Balaban J connectivity index is 1.62. The third kappa shape index (κ3) is 7.87. The molecule has 0 bridgehead atoms. The molecule has 2 aromatic carbocycles. The summed E-state index contributed by atoms with van der Waals surface area (Å²) in [5, 5.41) is 3.39. The third-order valence-corrected chi connectivity index (χ3v) is 4.30. The smallest absolute Gasteiger partial charge is 0.241 e. The minimum absolute atomic E-state index is 0.207. The molecule has 29 heavy (non-hydrogen) atoms. The van der Waals surface area contributed by atoms with Crippen molar-refractivity contribution in [3.05, 3.63) is 53.6 Å². The Hall–Kier alpha value is -3.00. The predicted octanol–water partition coefficient (Wildman–Crippen LogP) is 2.52. The number of ether oxygens (including phenoxy) is 3. The van der Waals surface area contributed by atoms with Crippen molar-refractivity contribution in [2.45, 2.75) is 19.8 Å². The SMILES string of the molecule is COc1ccc(CCNC(=S)NNC(=O)CCOc2cccc(C)c2)cc1OC. The van der Waals surface area contributed by atoms with Crippen LogP contribution in [0.1, 0.15) is 17.5 Å². The highest BCUT2D eigenvalue weighted by atomic mass is 32.1. The number of thiocarbonyl (C=S) groups is 1. The van der Waals surface area contributed by atoms with E-state index in [1.165, 1.54) is 0 Å².